The molecule has 2 heterocycles. The van der Waals surface area contributed by atoms with Gasteiger partial charge in [-0.15, -0.1) is 0 Å². The van der Waals surface area contributed by atoms with Gasteiger partial charge in [-0.05, 0) is 12.1 Å². The number of hydrogen-bond acceptors (Lipinski definition) is 4. The lowest BCUT2D eigenvalue weighted by molar-refractivity contribution is -0.398. The Balaban J connectivity index is 2.40. The van der Waals surface area contributed by atoms with E-state index in [2.05, 4.69) is 19.4 Å². The fourth-order valence-corrected chi connectivity index (χ4v) is 2.45. The average molecular weight is 641 g/mol. The molecule has 0 atom stereocenters. The van der Waals surface area contributed by atoms with Crippen molar-refractivity contribution in [1.29, 1.82) is 0 Å². The monoisotopic (exact) mass is 641 g/mol. The number of nitrogens with zero attached hydrogens (tertiary/aromatic N) is 3. The second-order valence-electron chi connectivity index (χ2n) is 7.71. The minimum absolute atomic E-state index is 0.126. The molecule has 234 valence electrons. The van der Waals surface area contributed by atoms with Crippen molar-refractivity contribution in [2.24, 2.45) is 0 Å². The minimum Gasteiger partial charge on any atom is -0.471 e. The first kappa shape index (κ1) is 33.9. The summed E-state index contributed by atoms with van der Waals surface area (Å²) in [5, 5.41) is 0. The molecule has 0 radical (unpaired) electrons. The average Bonchev–Trinajstić information content (AvgIpc) is 3.35. The van der Waals surface area contributed by atoms with Crippen LogP contribution in [-0.4, -0.2) is 75.6 Å². The van der Waals surface area contributed by atoms with Gasteiger partial charge in [0.1, 0.15) is 0 Å². The zero-order valence-electron chi connectivity index (χ0n) is 18.8. The van der Waals surface area contributed by atoms with Crippen LogP contribution in [0.1, 0.15) is 0 Å². The van der Waals surface area contributed by atoms with Gasteiger partial charge in [0.15, 0.2) is 13.2 Å². The summed E-state index contributed by atoms with van der Waals surface area (Å²) in [6, 6.07) is 2.18. The van der Waals surface area contributed by atoms with Crippen LogP contribution in [0.15, 0.2) is 30.6 Å². The van der Waals surface area contributed by atoms with Crippen LogP contribution in [-0.2, 0) is 0 Å². The molecule has 2 rings (SSSR count). The maximum absolute atomic E-state index is 13.8. The van der Waals surface area contributed by atoms with Crippen molar-refractivity contribution >= 4 is 0 Å². The smallest absolute Gasteiger partial charge is 0.460 e. The topological polar surface area (TPSA) is 49.2 Å². The SMILES string of the molecule is FC(F)(F)C(F)(F)C(F)(F)C(F)(F)COc1cc(OCC(F)(F)C(F)(F)C(F)(F)C(F)(F)F)nc(-n2cccc2)n1. The first-order valence-corrected chi connectivity index (χ1v) is 9.81. The zero-order chi connectivity index (χ0) is 32.1. The van der Waals surface area contributed by atoms with Crippen molar-refractivity contribution in [2.45, 2.75) is 47.9 Å². The van der Waals surface area contributed by atoms with E-state index in [0.29, 0.717) is 4.57 Å². The Morgan fingerprint density at radius 3 is 1.12 bits per heavy atom. The molecule has 0 aliphatic heterocycles. The summed E-state index contributed by atoms with van der Waals surface area (Å²) in [5.74, 6) is -45.8. The fourth-order valence-electron chi connectivity index (χ4n) is 2.45. The predicted molar refractivity (Wildman–Crippen MR) is 94.1 cm³/mol. The summed E-state index contributed by atoms with van der Waals surface area (Å²) in [5.41, 5.74) is 0. The lowest BCUT2D eigenvalue weighted by Crippen LogP contribution is -2.62. The van der Waals surface area contributed by atoms with Crippen LogP contribution in [0.4, 0.5) is 79.0 Å². The van der Waals surface area contributed by atoms with Crippen LogP contribution in [0.5, 0.6) is 11.8 Å². The Kier molecular flexibility index (Phi) is 8.44. The molecule has 0 spiro atoms. The van der Waals surface area contributed by atoms with E-state index in [1.165, 1.54) is 0 Å². The lowest BCUT2D eigenvalue weighted by Gasteiger charge is -2.33. The molecule has 0 aliphatic rings. The number of rotatable bonds is 11. The minimum atomic E-state index is -7.32. The molecule has 23 heteroatoms. The number of hydrogen-bond donors (Lipinski definition) is 0. The highest BCUT2D eigenvalue weighted by molar-refractivity contribution is 5.28. The second kappa shape index (κ2) is 10.2. The zero-order valence-corrected chi connectivity index (χ0v) is 18.8. The van der Waals surface area contributed by atoms with Gasteiger partial charge in [-0.3, -0.25) is 4.57 Å². The highest BCUT2D eigenvalue weighted by Crippen LogP contribution is 2.54. The molecule has 0 unspecified atom stereocenters. The van der Waals surface area contributed by atoms with E-state index in [0.717, 1.165) is 24.5 Å². The quantitative estimate of drug-likeness (QED) is 0.249. The van der Waals surface area contributed by atoms with Crippen molar-refractivity contribution in [3.63, 3.8) is 0 Å². The number of ether oxygens (including phenoxy) is 2. The van der Waals surface area contributed by atoms with Crippen molar-refractivity contribution in [1.82, 2.24) is 14.5 Å². The standard InChI is InChI=1S/C18H9F18N3O2/c19-11(20,13(23,24)15(27,28)17(31,32)33)6-40-8-5-9(38-10(37-8)39-3-1-2-4-39)41-7-12(21,22)14(25,26)16(29,30)18(34,35)36/h1-5H,6-7H2. The highest BCUT2D eigenvalue weighted by Gasteiger charge is 2.83. The van der Waals surface area contributed by atoms with Crippen LogP contribution in [0.3, 0.4) is 0 Å². The third-order valence-electron chi connectivity index (χ3n) is 4.72. The Labute approximate surface area is 213 Å². The molecule has 0 amide bonds. The second-order valence-corrected chi connectivity index (χ2v) is 7.71. The van der Waals surface area contributed by atoms with Gasteiger partial charge in [0.05, 0.1) is 6.07 Å². The molecule has 0 bridgehead atoms. The summed E-state index contributed by atoms with van der Waals surface area (Å²) in [6.45, 7) is -6.06. The highest BCUT2D eigenvalue weighted by atomic mass is 19.4. The van der Waals surface area contributed by atoms with Crippen molar-refractivity contribution in [3.05, 3.63) is 30.6 Å². The Morgan fingerprint density at radius 2 is 0.829 bits per heavy atom. The van der Waals surface area contributed by atoms with Crippen LogP contribution >= 0.6 is 0 Å². The molecular formula is C18H9F18N3O2. The number of aromatic nitrogens is 3. The van der Waals surface area contributed by atoms with Crippen molar-refractivity contribution < 1.29 is 88.5 Å². The largest absolute Gasteiger partial charge is 0.471 e. The summed E-state index contributed by atoms with van der Waals surface area (Å²) in [4.78, 5) is 6.39. The van der Waals surface area contributed by atoms with Gasteiger partial charge < -0.3 is 9.47 Å². The predicted octanol–water partition coefficient (Wildman–Crippen LogP) is 6.96. The van der Waals surface area contributed by atoms with Gasteiger partial charge in [-0.2, -0.15) is 89.0 Å². The van der Waals surface area contributed by atoms with E-state index in [4.69, 9.17) is 0 Å². The Bertz CT molecular complexity index is 1120. The van der Waals surface area contributed by atoms with E-state index >= 15 is 0 Å². The normalized spacial score (nSPS) is 14.8. The maximum Gasteiger partial charge on any atom is 0.460 e. The lowest BCUT2D eigenvalue weighted by atomic mass is 10.0. The van der Waals surface area contributed by atoms with Crippen LogP contribution in [0.2, 0.25) is 0 Å². The first-order chi connectivity index (χ1) is 18.1. The van der Waals surface area contributed by atoms with E-state index in [1.807, 2.05) is 0 Å². The fraction of sp³-hybridized carbons (Fsp3) is 0.556. The molecule has 0 N–H and O–H groups in total. The third kappa shape index (κ3) is 6.02. The molecule has 2 aromatic rings. The number of halogens is 18. The maximum atomic E-state index is 13.8. The van der Waals surface area contributed by atoms with Gasteiger partial charge in [-0.25, -0.2) is 0 Å². The van der Waals surface area contributed by atoms with Gasteiger partial charge in [-0.1, -0.05) is 0 Å². The molecule has 0 aliphatic carbocycles. The summed E-state index contributed by atoms with van der Waals surface area (Å²) < 4.78 is 243. The van der Waals surface area contributed by atoms with Crippen molar-refractivity contribution in [3.8, 4) is 17.7 Å². The van der Waals surface area contributed by atoms with Gasteiger partial charge in [0.2, 0.25) is 17.7 Å². The Hall–Kier alpha value is -3.30. The third-order valence-corrected chi connectivity index (χ3v) is 4.72. The molecule has 41 heavy (non-hydrogen) atoms. The molecule has 0 aromatic carbocycles. The van der Waals surface area contributed by atoms with Crippen molar-refractivity contribution in [2.75, 3.05) is 13.2 Å². The molecule has 0 fully saturated rings. The van der Waals surface area contributed by atoms with E-state index < -0.39 is 78.8 Å². The van der Waals surface area contributed by atoms with E-state index in [-0.39, 0.29) is 6.07 Å². The van der Waals surface area contributed by atoms with Crippen LogP contribution in [0.25, 0.3) is 5.95 Å². The van der Waals surface area contributed by atoms with E-state index in [1.54, 1.807) is 0 Å². The first-order valence-electron chi connectivity index (χ1n) is 9.81. The molecule has 0 saturated carbocycles. The summed E-state index contributed by atoms with van der Waals surface area (Å²) in [7, 11) is 0. The van der Waals surface area contributed by atoms with Crippen LogP contribution in [0, 0.1) is 0 Å². The van der Waals surface area contributed by atoms with Gasteiger partial charge >= 0.3 is 47.9 Å². The number of alkyl halides is 18. The molecule has 0 saturated heterocycles. The summed E-state index contributed by atoms with van der Waals surface area (Å²) >= 11 is 0. The molecule has 5 nitrogen and oxygen atoms in total. The molecular weight excluding hydrogens is 632 g/mol. The van der Waals surface area contributed by atoms with E-state index in [9.17, 15) is 79.0 Å². The molecule has 2 aromatic heterocycles. The summed E-state index contributed by atoms with van der Waals surface area (Å²) in [6.07, 6.45) is -12.5. The Morgan fingerprint density at radius 1 is 0.512 bits per heavy atom. The van der Waals surface area contributed by atoms with Crippen LogP contribution < -0.4 is 9.47 Å². The van der Waals surface area contributed by atoms with Gasteiger partial charge in [0, 0.05) is 12.4 Å². The van der Waals surface area contributed by atoms with Gasteiger partial charge in [0.25, 0.3) is 0 Å².